The third-order valence-corrected chi connectivity index (χ3v) is 2.86. The first-order chi connectivity index (χ1) is 9.74. The molecule has 5 heteroatoms. The molecule has 0 unspecified atom stereocenters. The standard InChI is InChI=1S/C15H21N3O2/c1-4-19-14-7-5-6-12(10-16-2)15(14)20-11-13-8-9-18(3)17-13/h5-9,16H,4,10-11H2,1-3H3. The van der Waals surface area contributed by atoms with Crippen molar-refractivity contribution in [3.63, 3.8) is 0 Å². The Morgan fingerprint density at radius 2 is 2.10 bits per heavy atom. The van der Waals surface area contributed by atoms with E-state index in [2.05, 4.69) is 10.4 Å². The lowest BCUT2D eigenvalue weighted by atomic mass is 10.2. The first kappa shape index (κ1) is 14.4. The Morgan fingerprint density at radius 3 is 2.75 bits per heavy atom. The number of benzene rings is 1. The zero-order valence-corrected chi connectivity index (χ0v) is 12.2. The van der Waals surface area contributed by atoms with Gasteiger partial charge in [-0.15, -0.1) is 0 Å². The molecule has 0 saturated heterocycles. The van der Waals surface area contributed by atoms with E-state index >= 15 is 0 Å². The van der Waals surface area contributed by atoms with Crippen LogP contribution in [0.4, 0.5) is 0 Å². The van der Waals surface area contributed by atoms with E-state index in [1.54, 1.807) is 4.68 Å². The molecule has 1 aromatic carbocycles. The normalized spacial score (nSPS) is 10.6. The molecular weight excluding hydrogens is 254 g/mol. The van der Waals surface area contributed by atoms with Crippen LogP contribution in [0.2, 0.25) is 0 Å². The molecule has 0 saturated carbocycles. The van der Waals surface area contributed by atoms with Gasteiger partial charge in [0.25, 0.3) is 0 Å². The lowest BCUT2D eigenvalue weighted by Gasteiger charge is -2.15. The fraction of sp³-hybridized carbons (Fsp3) is 0.400. The minimum atomic E-state index is 0.432. The average molecular weight is 275 g/mol. The van der Waals surface area contributed by atoms with Crippen LogP contribution in [0.1, 0.15) is 18.2 Å². The van der Waals surface area contributed by atoms with Crippen LogP contribution < -0.4 is 14.8 Å². The fourth-order valence-corrected chi connectivity index (χ4v) is 2.01. The van der Waals surface area contributed by atoms with Gasteiger partial charge in [-0.2, -0.15) is 5.10 Å². The Balaban J connectivity index is 2.18. The summed E-state index contributed by atoms with van der Waals surface area (Å²) in [6, 6.07) is 7.88. The van der Waals surface area contributed by atoms with Crippen molar-refractivity contribution in [1.82, 2.24) is 15.1 Å². The lowest BCUT2D eigenvalue weighted by molar-refractivity contribution is 0.263. The van der Waals surface area contributed by atoms with Gasteiger partial charge in [0, 0.05) is 25.4 Å². The molecule has 1 aromatic heterocycles. The molecule has 108 valence electrons. The van der Waals surface area contributed by atoms with Crippen molar-refractivity contribution in [1.29, 1.82) is 0 Å². The first-order valence-corrected chi connectivity index (χ1v) is 6.75. The Bertz CT molecular complexity index is 528. The molecule has 1 N–H and O–H groups in total. The Labute approximate surface area is 119 Å². The van der Waals surface area contributed by atoms with Crippen LogP contribution in [0.3, 0.4) is 0 Å². The number of rotatable bonds is 7. The summed E-state index contributed by atoms with van der Waals surface area (Å²) in [7, 11) is 3.81. The van der Waals surface area contributed by atoms with Crippen LogP contribution in [-0.4, -0.2) is 23.4 Å². The van der Waals surface area contributed by atoms with Crippen LogP contribution in [0, 0.1) is 0 Å². The van der Waals surface area contributed by atoms with Crippen molar-refractivity contribution in [2.45, 2.75) is 20.1 Å². The summed E-state index contributed by atoms with van der Waals surface area (Å²) in [4.78, 5) is 0. The highest BCUT2D eigenvalue weighted by molar-refractivity contribution is 5.46. The number of para-hydroxylation sites is 1. The van der Waals surface area contributed by atoms with Crippen LogP contribution in [-0.2, 0) is 20.2 Å². The zero-order chi connectivity index (χ0) is 14.4. The summed E-state index contributed by atoms with van der Waals surface area (Å²) in [6.45, 7) is 3.75. The number of nitrogens with one attached hydrogen (secondary N) is 1. The number of ether oxygens (including phenoxy) is 2. The molecule has 0 spiro atoms. The molecule has 0 aliphatic rings. The highest BCUT2D eigenvalue weighted by atomic mass is 16.5. The largest absolute Gasteiger partial charge is 0.490 e. The van der Waals surface area contributed by atoms with Gasteiger partial charge in [-0.05, 0) is 26.1 Å². The minimum absolute atomic E-state index is 0.432. The van der Waals surface area contributed by atoms with Gasteiger partial charge in [0.1, 0.15) is 6.61 Å². The maximum Gasteiger partial charge on any atom is 0.166 e. The highest BCUT2D eigenvalue weighted by Crippen LogP contribution is 2.32. The fourth-order valence-electron chi connectivity index (χ4n) is 2.01. The van der Waals surface area contributed by atoms with Gasteiger partial charge < -0.3 is 14.8 Å². The second kappa shape index (κ2) is 6.96. The number of aryl methyl sites for hydroxylation is 1. The summed E-state index contributed by atoms with van der Waals surface area (Å²) in [5, 5.41) is 7.45. The molecule has 0 fully saturated rings. The monoisotopic (exact) mass is 275 g/mol. The predicted molar refractivity (Wildman–Crippen MR) is 77.9 cm³/mol. The molecule has 20 heavy (non-hydrogen) atoms. The van der Waals surface area contributed by atoms with Gasteiger partial charge in [0.15, 0.2) is 11.5 Å². The van der Waals surface area contributed by atoms with Gasteiger partial charge in [0.2, 0.25) is 0 Å². The molecule has 0 aliphatic carbocycles. The van der Waals surface area contributed by atoms with Crippen molar-refractivity contribution in [3.05, 3.63) is 41.7 Å². The number of hydrogen-bond donors (Lipinski definition) is 1. The molecule has 0 atom stereocenters. The Kier molecular flexibility index (Phi) is 5.01. The van der Waals surface area contributed by atoms with Gasteiger partial charge in [0.05, 0.1) is 12.3 Å². The molecule has 0 bridgehead atoms. The van der Waals surface area contributed by atoms with Crippen molar-refractivity contribution in [2.24, 2.45) is 7.05 Å². The summed E-state index contributed by atoms with van der Waals surface area (Å²) in [5.74, 6) is 1.56. The molecular formula is C15H21N3O2. The smallest absolute Gasteiger partial charge is 0.166 e. The van der Waals surface area contributed by atoms with E-state index in [1.165, 1.54) is 0 Å². The Hall–Kier alpha value is -2.01. The molecule has 2 rings (SSSR count). The van der Waals surface area contributed by atoms with Crippen molar-refractivity contribution in [2.75, 3.05) is 13.7 Å². The van der Waals surface area contributed by atoms with E-state index in [4.69, 9.17) is 9.47 Å². The Morgan fingerprint density at radius 1 is 1.25 bits per heavy atom. The third-order valence-electron chi connectivity index (χ3n) is 2.86. The van der Waals surface area contributed by atoms with E-state index in [-0.39, 0.29) is 0 Å². The predicted octanol–water partition coefficient (Wildman–Crippen LogP) is 2.12. The quantitative estimate of drug-likeness (QED) is 0.841. The maximum absolute atomic E-state index is 5.93. The van der Waals surface area contributed by atoms with E-state index in [9.17, 15) is 0 Å². The maximum atomic E-state index is 5.93. The summed E-state index contributed by atoms with van der Waals surface area (Å²) in [5.41, 5.74) is 1.98. The topological polar surface area (TPSA) is 48.3 Å². The van der Waals surface area contributed by atoms with E-state index in [0.29, 0.717) is 13.2 Å². The molecule has 2 aromatic rings. The van der Waals surface area contributed by atoms with Crippen molar-refractivity contribution < 1.29 is 9.47 Å². The van der Waals surface area contributed by atoms with Gasteiger partial charge in [-0.3, -0.25) is 4.68 Å². The summed E-state index contributed by atoms with van der Waals surface area (Å²) in [6.07, 6.45) is 1.90. The number of hydrogen-bond acceptors (Lipinski definition) is 4. The van der Waals surface area contributed by atoms with Gasteiger partial charge in [-0.1, -0.05) is 12.1 Å². The number of aromatic nitrogens is 2. The van der Waals surface area contributed by atoms with Gasteiger partial charge >= 0.3 is 0 Å². The second-order valence-electron chi connectivity index (χ2n) is 4.48. The lowest BCUT2D eigenvalue weighted by Crippen LogP contribution is -2.09. The van der Waals surface area contributed by atoms with Crippen LogP contribution in [0.25, 0.3) is 0 Å². The summed E-state index contributed by atoms with van der Waals surface area (Å²) >= 11 is 0. The van der Waals surface area contributed by atoms with E-state index < -0.39 is 0 Å². The van der Waals surface area contributed by atoms with Crippen molar-refractivity contribution >= 4 is 0 Å². The van der Waals surface area contributed by atoms with Crippen LogP contribution in [0.5, 0.6) is 11.5 Å². The molecule has 5 nitrogen and oxygen atoms in total. The molecule has 1 heterocycles. The van der Waals surface area contributed by atoms with Crippen LogP contribution in [0.15, 0.2) is 30.5 Å². The SMILES string of the molecule is CCOc1cccc(CNC)c1OCc1ccn(C)n1. The molecule has 0 aliphatic heterocycles. The van der Waals surface area contributed by atoms with Gasteiger partial charge in [-0.25, -0.2) is 0 Å². The average Bonchev–Trinajstić information content (AvgIpc) is 2.84. The number of nitrogens with zero attached hydrogens (tertiary/aromatic N) is 2. The molecule has 0 radical (unpaired) electrons. The molecule has 0 amide bonds. The summed E-state index contributed by atoms with van der Waals surface area (Å²) < 4.78 is 13.3. The van der Waals surface area contributed by atoms with E-state index in [0.717, 1.165) is 29.3 Å². The minimum Gasteiger partial charge on any atom is -0.490 e. The zero-order valence-electron chi connectivity index (χ0n) is 12.2. The van der Waals surface area contributed by atoms with Crippen LogP contribution >= 0.6 is 0 Å². The second-order valence-corrected chi connectivity index (χ2v) is 4.48. The third kappa shape index (κ3) is 3.51. The van der Waals surface area contributed by atoms with E-state index in [1.807, 2.05) is 51.5 Å². The highest BCUT2D eigenvalue weighted by Gasteiger charge is 2.11. The first-order valence-electron chi connectivity index (χ1n) is 6.75. The van der Waals surface area contributed by atoms with Crippen molar-refractivity contribution in [3.8, 4) is 11.5 Å².